The highest BCUT2D eigenvalue weighted by Gasteiger charge is 2.31. The third-order valence-corrected chi connectivity index (χ3v) is 3.30. The van der Waals surface area contributed by atoms with E-state index in [4.69, 9.17) is 14.6 Å². The van der Waals surface area contributed by atoms with E-state index in [0.717, 1.165) is 24.6 Å². The number of halogens is 3. The maximum atomic E-state index is 13.0. The lowest BCUT2D eigenvalue weighted by atomic mass is 10.0. The van der Waals surface area contributed by atoms with Gasteiger partial charge in [-0.2, -0.15) is 13.2 Å². The highest BCUT2D eigenvalue weighted by atomic mass is 19.4. The molecule has 2 aromatic rings. The first-order valence-electron chi connectivity index (χ1n) is 7.60. The van der Waals surface area contributed by atoms with Gasteiger partial charge in [-0.25, -0.2) is 4.79 Å². The van der Waals surface area contributed by atoms with Gasteiger partial charge in [0.1, 0.15) is 11.5 Å². The number of aliphatic carboxylic acids is 1. The van der Waals surface area contributed by atoms with Crippen LogP contribution >= 0.6 is 0 Å². The largest absolute Gasteiger partial charge is 0.494 e. The summed E-state index contributed by atoms with van der Waals surface area (Å²) in [6, 6.07) is 9.43. The van der Waals surface area contributed by atoms with Crippen LogP contribution in [0.1, 0.15) is 18.9 Å². The van der Waals surface area contributed by atoms with Crippen molar-refractivity contribution in [1.82, 2.24) is 0 Å². The van der Waals surface area contributed by atoms with Crippen LogP contribution in [0.4, 0.5) is 13.2 Å². The SMILES string of the molecule is CCCOc1ccc(-c2cc(C(F)(F)F)ccc2OCC(=O)O)cc1. The Morgan fingerprint density at radius 1 is 1.08 bits per heavy atom. The summed E-state index contributed by atoms with van der Waals surface area (Å²) in [6.07, 6.45) is -3.67. The molecular weight excluding hydrogens is 337 g/mol. The molecule has 0 saturated carbocycles. The van der Waals surface area contributed by atoms with E-state index in [1.165, 1.54) is 0 Å². The molecule has 7 heteroatoms. The van der Waals surface area contributed by atoms with E-state index in [-0.39, 0.29) is 11.3 Å². The summed E-state index contributed by atoms with van der Waals surface area (Å²) in [7, 11) is 0. The number of hydrogen-bond acceptors (Lipinski definition) is 3. The van der Waals surface area contributed by atoms with Crippen molar-refractivity contribution in [2.75, 3.05) is 13.2 Å². The Morgan fingerprint density at radius 2 is 1.76 bits per heavy atom. The molecule has 0 amide bonds. The zero-order valence-electron chi connectivity index (χ0n) is 13.5. The third kappa shape index (κ3) is 5.14. The molecule has 0 atom stereocenters. The minimum absolute atomic E-state index is 0.0672. The summed E-state index contributed by atoms with van der Waals surface area (Å²) < 4.78 is 49.5. The Bertz CT molecular complexity index is 724. The number of carboxylic acid groups (broad SMARTS) is 1. The van der Waals surface area contributed by atoms with Crippen molar-refractivity contribution in [3.8, 4) is 22.6 Å². The molecule has 0 aliphatic heterocycles. The zero-order chi connectivity index (χ0) is 18.4. The minimum atomic E-state index is -4.51. The molecule has 0 heterocycles. The lowest BCUT2D eigenvalue weighted by Crippen LogP contribution is -2.11. The highest BCUT2D eigenvalue weighted by Crippen LogP contribution is 2.37. The van der Waals surface area contributed by atoms with Crippen LogP contribution in [-0.4, -0.2) is 24.3 Å². The van der Waals surface area contributed by atoms with Crippen LogP contribution < -0.4 is 9.47 Å². The van der Waals surface area contributed by atoms with E-state index in [9.17, 15) is 18.0 Å². The summed E-state index contributed by atoms with van der Waals surface area (Å²) in [5.74, 6) is -0.544. The summed E-state index contributed by atoms with van der Waals surface area (Å²) in [6.45, 7) is 1.86. The van der Waals surface area contributed by atoms with Crippen molar-refractivity contribution in [2.24, 2.45) is 0 Å². The van der Waals surface area contributed by atoms with E-state index in [0.29, 0.717) is 17.9 Å². The van der Waals surface area contributed by atoms with E-state index < -0.39 is 24.3 Å². The van der Waals surface area contributed by atoms with Crippen molar-refractivity contribution in [2.45, 2.75) is 19.5 Å². The van der Waals surface area contributed by atoms with Gasteiger partial charge in [0.15, 0.2) is 6.61 Å². The summed E-state index contributed by atoms with van der Waals surface area (Å²) >= 11 is 0. The van der Waals surface area contributed by atoms with Crippen molar-refractivity contribution < 1.29 is 32.5 Å². The molecule has 0 bridgehead atoms. The molecule has 4 nitrogen and oxygen atoms in total. The Hall–Kier alpha value is -2.70. The average Bonchev–Trinajstić information content (AvgIpc) is 2.57. The third-order valence-electron chi connectivity index (χ3n) is 3.30. The Morgan fingerprint density at radius 3 is 2.32 bits per heavy atom. The fourth-order valence-corrected chi connectivity index (χ4v) is 2.15. The van der Waals surface area contributed by atoms with Gasteiger partial charge in [0.05, 0.1) is 12.2 Å². The van der Waals surface area contributed by atoms with Crippen LogP contribution in [0.5, 0.6) is 11.5 Å². The fourth-order valence-electron chi connectivity index (χ4n) is 2.15. The van der Waals surface area contributed by atoms with Gasteiger partial charge in [-0.1, -0.05) is 19.1 Å². The molecule has 0 spiro atoms. The minimum Gasteiger partial charge on any atom is -0.494 e. The Balaban J connectivity index is 2.38. The first-order valence-corrected chi connectivity index (χ1v) is 7.60. The van der Waals surface area contributed by atoms with Gasteiger partial charge in [-0.3, -0.25) is 0 Å². The van der Waals surface area contributed by atoms with Crippen molar-refractivity contribution in [3.63, 3.8) is 0 Å². The van der Waals surface area contributed by atoms with Crippen LogP contribution in [-0.2, 0) is 11.0 Å². The predicted molar refractivity (Wildman–Crippen MR) is 85.8 cm³/mol. The smallest absolute Gasteiger partial charge is 0.416 e. The number of carbonyl (C=O) groups is 1. The molecule has 134 valence electrons. The normalized spacial score (nSPS) is 11.2. The summed E-state index contributed by atoms with van der Waals surface area (Å²) in [5, 5.41) is 8.72. The molecular formula is C18H17F3O4. The quantitative estimate of drug-likeness (QED) is 0.788. The van der Waals surface area contributed by atoms with Gasteiger partial charge < -0.3 is 14.6 Å². The monoisotopic (exact) mass is 354 g/mol. The number of benzene rings is 2. The lowest BCUT2D eigenvalue weighted by molar-refractivity contribution is -0.140. The molecule has 1 N–H and O–H groups in total. The Kier molecular flexibility index (Phi) is 5.90. The first-order chi connectivity index (χ1) is 11.8. The molecule has 0 aliphatic rings. The summed E-state index contributed by atoms with van der Waals surface area (Å²) in [4.78, 5) is 10.7. The van der Waals surface area contributed by atoms with Gasteiger partial charge in [0, 0.05) is 5.56 Å². The van der Waals surface area contributed by atoms with E-state index in [1.54, 1.807) is 24.3 Å². The average molecular weight is 354 g/mol. The molecule has 25 heavy (non-hydrogen) atoms. The van der Waals surface area contributed by atoms with E-state index in [2.05, 4.69) is 0 Å². The van der Waals surface area contributed by atoms with Crippen molar-refractivity contribution >= 4 is 5.97 Å². The van der Waals surface area contributed by atoms with Gasteiger partial charge in [0.25, 0.3) is 0 Å². The van der Waals surface area contributed by atoms with E-state index in [1.807, 2.05) is 6.92 Å². The Labute approximate surface area is 142 Å². The molecule has 2 aromatic carbocycles. The molecule has 0 aliphatic carbocycles. The van der Waals surface area contributed by atoms with Gasteiger partial charge in [-0.15, -0.1) is 0 Å². The van der Waals surface area contributed by atoms with Crippen LogP contribution in [0.2, 0.25) is 0 Å². The maximum Gasteiger partial charge on any atom is 0.416 e. The van der Waals surface area contributed by atoms with Crippen LogP contribution in [0.25, 0.3) is 11.1 Å². The fraction of sp³-hybridized carbons (Fsp3) is 0.278. The van der Waals surface area contributed by atoms with Gasteiger partial charge in [0.2, 0.25) is 0 Å². The molecule has 2 rings (SSSR count). The molecule has 0 unspecified atom stereocenters. The second kappa shape index (κ2) is 7.92. The number of hydrogen-bond donors (Lipinski definition) is 1. The second-order valence-corrected chi connectivity index (χ2v) is 5.26. The van der Waals surface area contributed by atoms with Crippen LogP contribution in [0, 0.1) is 0 Å². The number of rotatable bonds is 7. The number of carboxylic acids is 1. The highest BCUT2D eigenvalue weighted by molar-refractivity contribution is 5.73. The molecule has 0 aromatic heterocycles. The standard InChI is InChI=1S/C18H17F3O4/c1-2-9-24-14-6-3-12(4-7-14)15-10-13(18(19,20)21)5-8-16(15)25-11-17(22)23/h3-8,10H,2,9,11H2,1H3,(H,22,23). The maximum absolute atomic E-state index is 13.0. The van der Waals surface area contributed by atoms with E-state index >= 15 is 0 Å². The van der Waals surface area contributed by atoms with Crippen molar-refractivity contribution in [1.29, 1.82) is 0 Å². The number of alkyl halides is 3. The van der Waals surface area contributed by atoms with Crippen LogP contribution in [0.3, 0.4) is 0 Å². The van der Waals surface area contributed by atoms with Crippen molar-refractivity contribution in [3.05, 3.63) is 48.0 Å². The molecule has 0 radical (unpaired) electrons. The van der Waals surface area contributed by atoms with Gasteiger partial charge in [-0.05, 0) is 42.3 Å². The predicted octanol–water partition coefficient (Wildman–Crippen LogP) is 4.62. The molecule has 0 fully saturated rings. The topological polar surface area (TPSA) is 55.8 Å². The summed E-state index contributed by atoms with van der Waals surface area (Å²) in [5.41, 5.74) is -0.204. The van der Waals surface area contributed by atoms with Gasteiger partial charge >= 0.3 is 12.1 Å². The second-order valence-electron chi connectivity index (χ2n) is 5.26. The van der Waals surface area contributed by atoms with Crippen LogP contribution in [0.15, 0.2) is 42.5 Å². The first kappa shape index (κ1) is 18.6. The number of ether oxygens (including phenoxy) is 2. The lowest BCUT2D eigenvalue weighted by Gasteiger charge is -2.14. The molecule has 0 saturated heterocycles. The zero-order valence-corrected chi connectivity index (χ0v) is 13.5.